The first-order valence-corrected chi connectivity index (χ1v) is 6.70. The summed E-state index contributed by atoms with van der Waals surface area (Å²) < 4.78 is 0. The zero-order valence-electron chi connectivity index (χ0n) is 9.21. The van der Waals surface area contributed by atoms with Gasteiger partial charge < -0.3 is 0 Å². The van der Waals surface area contributed by atoms with E-state index in [9.17, 15) is 0 Å². The van der Waals surface area contributed by atoms with E-state index < -0.39 is 0 Å². The van der Waals surface area contributed by atoms with Crippen molar-refractivity contribution in [1.82, 2.24) is 4.98 Å². The lowest BCUT2D eigenvalue weighted by molar-refractivity contribution is 0.642. The third-order valence-corrected chi connectivity index (χ3v) is 3.69. The van der Waals surface area contributed by atoms with Gasteiger partial charge in [-0.25, -0.2) is 4.98 Å². The van der Waals surface area contributed by atoms with Gasteiger partial charge in [-0.1, -0.05) is 27.2 Å². The number of aryl methyl sites for hydroxylation is 1. The maximum absolute atomic E-state index is 4.68. The lowest BCUT2D eigenvalue weighted by Gasteiger charge is -1.98. The van der Waals surface area contributed by atoms with Crippen LogP contribution in [0.4, 0.5) is 0 Å². The van der Waals surface area contributed by atoms with E-state index in [2.05, 4.69) is 38.4 Å². The second-order valence-electron chi connectivity index (χ2n) is 3.98. The Morgan fingerprint density at radius 1 is 1.43 bits per heavy atom. The molecule has 0 aliphatic heterocycles. The lowest BCUT2D eigenvalue weighted by Crippen LogP contribution is -1.94. The molecule has 0 aliphatic rings. The number of thiazole rings is 1. The molecule has 1 aromatic heterocycles. The molecule has 1 heterocycles. The molecular weight excluding hydrogens is 210 g/mol. The van der Waals surface area contributed by atoms with Crippen molar-refractivity contribution in [2.45, 2.75) is 45.8 Å². The molecule has 0 fully saturated rings. The van der Waals surface area contributed by atoms with Gasteiger partial charge in [0, 0.05) is 17.1 Å². The summed E-state index contributed by atoms with van der Waals surface area (Å²) >= 11 is 6.19. The Labute approximate surface area is 96.4 Å². The van der Waals surface area contributed by atoms with E-state index >= 15 is 0 Å². The minimum atomic E-state index is 0.698. The fraction of sp³-hybridized carbons (Fsp3) is 0.727. The lowest BCUT2D eigenvalue weighted by atomic mass is 10.1. The van der Waals surface area contributed by atoms with Crippen LogP contribution >= 0.6 is 24.0 Å². The molecule has 1 rings (SSSR count). The molecule has 0 radical (unpaired) electrons. The van der Waals surface area contributed by atoms with Crippen LogP contribution in [0.3, 0.4) is 0 Å². The van der Waals surface area contributed by atoms with Crippen LogP contribution in [0, 0.1) is 5.92 Å². The number of rotatable bonds is 5. The summed E-state index contributed by atoms with van der Waals surface area (Å²) in [6.45, 7) is 6.67. The largest absolute Gasteiger partial charge is 0.246 e. The second-order valence-corrected chi connectivity index (χ2v) is 5.47. The highest BCUT2D eigenvalue weighted by molar-refractivity contribution is 7.79. The van der Waals surface area contributed by atoms with Gasteiger partial charge in [0.2, 0.25) is 0 Å². The van der Waals surface area contributed by atoms with Crippen LogP contribution in [0.1, 0.15) is 42.8 Å². The van der Waals surface area contributed by atoms with Crippen LogP contribution in [0.15, 0.2) is 0 Å². The predicted octanol–water partition coefficient (Wildman–Crippen LogP) is 3.72. The third-order valence-electron chi connectivity index (χ3n) is 2.04. The minimum absolute atomic E-state index is 0.698. The van der Waals surface area contributed by atoms with E-state index in [1.165, 1.54) is 22.0 Å². The quantitative estimate of drug-likeness (QED) is 0.759. The molecule has 0 saturated carbocycles. The van der Waals surface area contributed by atoms with E-state index in [4.69, 9.17) is 0 Å². The van der Waals surface area contributed by atoms with Crippen molar-refractivity contribution in [2.75, 3.05) is 0 Å². The Hall–Kier alpha value is -0.0200. The molecule has 0 amide bonds. The van der Waals surface area contributed by atoms with Gasteiger partial charge >= 0.3 is 0 Å². The molecule has 0 atom stereocenters. The molecule has 14 heavy (non-hydrogen) atoms. The highest BCUT2D eigenvalue weighted by Gasteiger charge is 2.09. The maximum atomic E-state index is 4.68. The zero-order valence-corrected chi connectivity index (χ0v) is 10.9. The van der Waals surface area contributed by atoms with Gasteiger partial charge in [-0.2, -0.15) is 12.6 Å². The van der Waals surface area contributed by atoms with Crippen molar-refractivity contribution < 1.29 is 0 Å². The van der Waals surface area contributed by atoms with Crippen LogP contribution < -0.4 is 0 Å². The summed E-state index contributed by atoms with van der Waals surface area (Å²) in [5.41, 5.74) is 1.28. The molecule has 1 aromatic rings. The van der Waals surface area contributed by atoms with Gasteiger partial charge in [0.15, 0.2) is 0 Å². The van der Waals surface area contributed by atoms with E-state index in [0.717, 1.165) is 18.6 Å². The van der Waals surface area contributed by atoms with Crippen LogP contribution in [0.2, 0.25) is 0 Å². The Kier molecular flexibility index (Phi) is 4.96. The molecule has 1 nitrogen and oxygen atoms in total. The van der Waals surface area contributed by atoms with Gasteiger partial charge in [0.25, 0.3) is 0 Å². The predicted molar refractivity (Wildman–Crippen MR) is 67.3 cm³/mol. The SMILES string of the molecule is CCCc1nc(CC(C)C)sc1CS. The van der Waals surface area contributed by atoms with Gasteiger partial charge in [-0.15, -0.1) is 11.3 Å². The van der Waals surface area contributed by atoms with Crippen molar-refractivity contribution in [3.05, 3.63) is 15.6 Å². The van der Waals surface area contributed by atoms with Gasteiger partial charge in [0.1, 0.15) is 0 Å². The maximum Gasteiger partial charge on any atom is 0.0933 e. The third kappa shape index (κ3) is 3.28. The van der Waals surface area contributed by atoms with Gasteiger partial charge in [-0.3, -0.25) is 0 Å². The Bertz CT molecular complexity index is 279. The fourth-order valence-corrected chi connectivity index (χ4v) is 2.99. The van der Waals surface area contributed by atoms with Crippen LogP contribution in [-0.4, -0.2) is 4.98 Å². The molecule has 3 heteroatoms. The van der Waals surface area contributed by atoms with E-state index in [-0.39, 0.29) is 0 Å². The summed E-state index contributed by atoms with van der Waals surface area (Å²) in [6, 6.07) is 0. The highest BCUT2D eigenvalue weighted by Crippen LogP contribution is 2.23. The number of thiol groups is 1. The van der Waals surface area contributed by atoms with Crippen LogP contribution in [-0.2, 0) is 18.6 Å². The number of aromatic nitrogens is 1. The molecule has 80 valence electrons. The van der Waals surface area contributed by atoms with E-state index in [1.807, 2.05) is 11.3 Å². The Morgan fingerprint density at radius 3 is 2.64 bits per heavy atom. The number of hydrogen-bond donors (Lipinski definition) is 1. The molecule has 0 saturated heterocycles. The second kappa shape index (κ2) is 5.76. The van der Waals surface area contributed by atoms with E-state index in [0.29, 0.717) is 5.92 Å². The molecular formula is C11H19NS2. The summed E-state index contributed by atoms with van der Waals surface area (Å²) in [5, 5.41) is 1.28. The monoisotopic (exact) mass is 229 g/mol. The molecule has 0 unspecified atom stereocenters. The van der Waals surface area contributed by atoms with Crippen molar-refractivity contribution in [1.29, 1.82) is 0 Å². The first kappa shape index (κ1) is 12.1. The molecule has 0 aliphatic carbocycles. The normalized spacial score (nSPS) is 11.2. The molecule has 0 N–H and O–H groups in total. The van der Waals surface area contributed by atoms with Gasteiger partial charge in [-0.05, 0) is 12.3 Å². The van der Waals surface area contributed by atoms with Crippen LogP contribution in [0.25, 0.3) is 0 Å². The summed E-state index contributed by atoms with van der Waals surface area (Å²) in [5.74, 6) is 1.54. The molecule has 0 spiro atoms. The summed E-state index contributed by atoms with van der Waals surface area (Å²) in [6.07, 6.45) is 3.38. The van der Waals surface area contributed by atoms with E-state index in [1.54, 1.807) is 0 Å². The first-order chi connectivity index (χ1) is 6.67. The Morgan fingerprint density at radius 2 is 2.14 bits per heavy atom. The van der Waals surface area contributed by atoms with Crippen molar-refractivity contribution in [3.8, 4) is 0 Å². The smallest absolute Gasteiger partial charge is 0.0933 e. The standard InChI is InChI=1S/C11H19NS2/c1-4-5-9-10(7-13)14-11(12-9)6-8(2)3/h8,13H,4-7H2,1-3H3. The average Bonchev–Trinajstić information content (AvgIpc) is 2.47. The number of hydrogen-bond acceptors (Lipinski definition) is 3. The minimum Gasteiger partial charge on any atom is -0.246 e. The highest BCUT2D eigenvalue weighted by atomic mass is 32.1. The molecule has 0 aromatic carbocycles. The summed E-state index contributed by atoms with van der Waals surface area (Å²) in [7, 11) is 0. The van der Waals surface area contributed by atoms with Crippen molar-refractivity contribution >= 4 is 24.0 Å². The van der Waals surface area contributed by atoms with Gasteiger partial charge in [0.05, 0.1) is 10.7 Å². The summed E-state index contributed by atoms with van der Waals surface area (Å²) in [4.78, 5) is 6.05. The zero-order chi connectivity index (χ0) is 10.6. The molecule has 0 bridgehead atoms. The first-order valence-electron chi connectivity index (χ1n) is 5.25. The van der Waals surface area contributed by atoms with Crippen molar-refractivity contribution in [2.24, 2.45) is 5.92 Å². The topological polar surface area (TPSA) is 12.9 Å². The Balaban J connectivity index is 2.77. The number of nitrogens with zero attached hydrogens (tertiary/aromatic N) is 1. The fourth-order valence-electron chi connectivity index (χ4n) is 1.43. The van der Waals surface area contributed by atoms with Crippen molar-refractivity contribution in [3.63, 3.8) is 0 Å². The van der Waals surface area contributed by atoms with Crippen LogP contribution in [0.5, 0.6) is 0 Å². The average molecular weight is 229 g/mol.